The van der Waals surface area contributed by atoms with Crippen LogP contribution in [-0.4, -0.2) is 42.0 Å². The lowest BCUT2D eigenvalue weighted by atomic mass is 10.1. The molecule has 126 valence electrons. The highest BCUT2D eigenvalue weighted by Gasteiger charge is 2.28. The first kappa shape index (κ1) is 16.7. The third kappa shape index (κ3) is 3.86. The van der Waals surface area contributed by atoms with Crippen molar-refractivity contribution in [2.45, 2.75) is 13.0 Å². The summed E-state index contributed by atoms with van der Waals surface area (Å²) in [6.07, 6.45) is 3.54. The zero-order chi connectivity index (χ0) is 16.9. The van der Waals surface area contributed by atoms with Crippen LogP contribution in [0.4, 0.5) is 0 Å². The topological polar surface area (TPSA) is 54.5 Å². The van der Waals surface area contributed by atoms with Crippen LogP contribution < -0.4 is 10.1 Å². The molecule has 1 aromatic heterocycles. The fourth-order valence-corrected chi connectivity index (χ4v) is 2.93. The number of hydrogen-bond acceptors (Lipinski definition) is 4. The smallest absolute Gasteiger partial charge is 0.261 e. The van der Waals surface area contributed by atoms with Crippen LogP contribution >= 0.6 is 11.6 Å². The lowest BCUT2D eigenvalue weighted by Gasteiger charge is -2.36. The van der Waals surface area contributed by atoms with Gasteiger partial charge >= 0.3 is 0 Å². The number of nitrogens with zero attached hydrogens (tertiary/aromatic N) is 2. The number of nitrogens with one attached hydrogen (secondary N) is 1. The van der Waals surface area contributed by atoms with Crippen molar-refractivity contribution in [2.75, 3.05) is 26.2 Å². The summed E-state index contributed by atoms with van der Waals surface area (Å²) >= 11 is 6.01. The number of hydrogen-bond donors (Lipinski definition) is 1. The first-order valence-corrected chi connectivity index (χ1v) is 8.32. The number of amides is 1. The summed E-state index contributed by atoms with van der Waals surface area (Å²) < 4.78 is 5.66. The first-order valence-electron chi connectivity index (χ1n) is 7.94. The van der Waals surface area contributed by atoms with E-state index in [0.717, 1.165) is 24.2 Å². The number of carbonyl (C=O) groups excluding carboxylic acids is 1. The van der Waals surface area contributed by atoms with Gasteiger partial charge in [0.1, 0.15) is 5.75 Å². The average Bonchev–Trinajstić information content (AvgIpc) is 2.63. The Balaban J connectivity index is 1.67. The molecule has 6 heteroatoms. The predicted octanol–water partition coefficient (Wildman–Crippen LogP) is 2.60. The third-order valence-corrected chi connectivity index (χ3v) is 4.55. The van der Waals surface area contributed by atoms with Gasteiger partial charge in [-0.2, -0.15) is 0 Å². The Bertz CT molecular complexity index is 709. The maximum Gasteiger partial charge on any atom is 0.261 e. The van der Waals surface area contributed by atoms with Gasteiger partial charge in [0.25, 0.3) is 5.91 Å². The monoisotopic (exact) mass is 345 g/mol. The minimum atomic E-state index is -0.0297. The standard InChI is InChI=1S/C18H20ClN3O2/c1-13-9-15(4-5-16(13)19)24-12-18(23)22-8-7-21-11-17(22)14-3-2-6-20-10-14/h2-6,9-10,17,21H,7-8,11-12H2,1H3. The zero-order valence-electron chi connectivity index (χ0n) is 13.5. The molecule has 1 amide bonds. The van der Waals surface area contributed by atoms with Crippen LogP contribution in [0, 0.1) is 6.92 Å². The highest BCUT2D eigenvalue weighted by molar-refractivity contribution is 6.31. The number of ether oxygens (including phenoxy) is 1. The molecular formula is C18H20ClN3O2. The average molecular weight is 346 g/mol. The molecule has 0 aliphatic carbocycles. The number of benzene rings is 1. The van der Waals surface area contributed by atoms with Crippen LogP contribution in [0.3, 0.4) is 0 Å². The Morgan fingerprint density at radius 1 is 1.46 bits per heavy atom. The van der Waals surface area contributed by atoms with E-state index < -0.39 is 0 Å². The van der Waals surface area contributed by atoms with Crippen LogP contribution in [0.1, 0.15) is 17.2 Å². The fourth-order valence-electron chi connectivity index (χ4n) is 2.81. The molecule has 1 aliphatic heterocycles. The number of aryl methyl sites for hydroxylation is 1. The van der Waals surface area contributed by atoms with E-state index in [4.69, 9.17) is 16.3 Å². The molecule has 3 rings (SSSR count). The predicted molar refractivity (Wildman–Crippen MR) is 93.2 cm³/mol. The lowest BCUT2D eigenvalue weighted by molar-refractivity contribution is -0.136. The summed E-state index contributed by atoms with van der Waals surface area (Å²) in [6.45, 7) is 4.07. The molecule has 0 radical (unpaired) electrons. The van der Waals surface area contributed by atoms with Crippen molar-refractivity contribution in [1.82, 2.24) is 15.2 Å². The molecule has 1 aliphatic rings. The number of pyridine rings is 1. The summed E-state index contributed by atoms with van der Waals surface area (Å²) in [4.78, 5) is 18.6. The van der Waals surface area contributed by atoms with Crippen molar-refractivity contribution in [3.05, 3.63) is 58.9 Å². The van der Waals surface area contributed by atoms with E-state index in [1.54, 1.807) is 24.5 Å². The van der Waals surface area contributed by atoms with Crippen molar-refractivity contribution in [2.24, 2.45) is 0 Å². The Kier molecular flexibility index (Phi) is 5.33. The molecule has 2 aromatic rings. The molecule has 1 atom stereocenters. The van der Waals surface area contributed by atoms with E-state index in [1.807, 2.05) is 30.0 Å². The van der Waals surface area contributed by atoms with Crippen molar-refractivity contribution < 1.29 is 9.53 Å². The van der Waals surface area contributed by atoms with Gasteiger partial charge < -0.3 is 15.0 Å². The van der Waals surface area contributed by atoms with Crippen molar-refractivity contribution in [1.29, 1.82) is 0 Å². The molecule has 0 bridgehead atoms. The largest absolute Gasteiger partial charge is 0.484 e. The van der Waals surface area contributed by atoms with Crippen molar-refractivity contribution in [3.63, 3.8) is 0 Å². The van der Waals surface area contributed by atoms with Gasteiger partial charge in [-0.05, 0) is 42.3 Å². The molecule has 24 heavy (non-hydrogen) atoms. The first-order chi connectivity index (χ1) is 11.6. The molecule has 5 nitrogen and oxygen atoms in total. The maximum atomic E-state index is 12.6. The van der Waals surface area contributed by atoms with E-state index in [1.165, 1.54) is 0 Å². The van der Waals surface area contributed by atoms with Crippen molar-refractivity contribution >= 4 is 17.5 Å². The van der Waals surface area contributed by atoms with Gasteiger partial charge in [0.15, 0.2) is 6.61 Å². The Morgan fingerprint density at radius 3 is 3.08 bits per heavy atom. The van der Waals surface area contributed by atoms with Gasteiger partial charge in [-0.25, -0.2) is 0 Å². The summed E-state index contributed by atoms with van der Waals surface area (Å²) in [5, 5.41) is 4.02. The summed E-state index contributed by atoms with van der Waals surface area (Å²) in [5.41, 5.74) is 1.96. The Hall–Kier alpha value is -2.11. The number of halogens is 1. The number of piperazine rings is 1. The van der Waals surface area contributed by atoms with E-state index in [0.29, 0.717) is 17.3 Å². The second-order valence-corrected chi connectivity index (χ2v) is 6.20. The minimum absolute atomic E-state index is 0.0117. The normalized spacial score (nSPS) is 17.6. The van der Waals surface area contributed by atoms with Crippen LogP contribution in [0.15, 0.2) is 42.7 Å². The molecule has 0 spiro atoms. The van der Waals surface area contributed by atoms with Crippen LogP contribution in [0.2, 0.25) is 5.02 Å². The second-order valence-electron chi connectivity index (χ2n) is 5.79. The minimum Gasteiger partial charge on any atom is -0.484 e. The van der Waals surface area contributed by atoms with Crippen LogP contribution in [0.5, 0.6) is 5.75 Å². The van der Waals surface area contributed by atoms with Gasteiger partial charge in [0.2, 0.25) is 0 Å². The second kappa shape index (κ2) is 7.64. The van der Waals surface area contributed by atoms with E-state index in [2.05, 4.69) is 10.3 Å². The van der Waals surface area contributed by atoms with E-state index >= 15 is 0 Å². The molecule has 0 saturated carbocycles. The summed E-state index contributed by atoms with van der Waals surface area (Å²) in [6, 6.07) is 9.26. The van der Waals surface area contributed by atoms with Gasteiger partial charge in [0, 0.05) is 37.1 Å². The Morgan fingerprint density at radius 2 is 2.33 bits per heavy atom. The summed E-state index contributed by atoms with van der Waals surface area (Å²) in [5.74, 6) is 0.622. The highest BCUT2D eigenvalue weighted by atomic mass is 35.5. The molecule has 1 unspecified atom stereocenters. The van der Waals surface area contributed by atoms with Crippen molar-refractivity contribution in [3.8, 4) is 5.75 Å². The zero-order valence-corrected chi connectivity index (χ0v) is 14.3. The van der Waals surface area contributed by atoms with Gasteiger partial charge in [-0.15, -0.1) is 0 Å². The SMILES string of the molecule is Cc1cc(OCC(=O)N2CCNCC2c2cccnc2)ccc1Cl. The van der Waals surface area contributed by atoms with Gasteiger partial charge in [-0.3, -0.25) is 9.78 Å². The van der Waals surface area contributed by atoms with E-state index in [9.17, 15) is 4.79 Å². The number of aromatic nitrogens is 1. The van der Waals surface area contributed by atoms with Crippen LogP contribution in [-0.2, 0) is 4.79 Å². The highest BCUT2D eigenvalue weighted by Crippen LogP contribution is 2.23. The fraction of sp³-hybridized carbons (Fsp3) is 0.333. The molecule has 2 heterocycles. The third-order valence-electron chi connectivity index (χ3n) is 4.12. The molecule has 1 fully saturated rings. The van der Waals surface area contributed by atoms with Crippen LogP contribution in [0.25, 0.3) is 0 Å². The molecule has 1 N–H and O–H groups in total. The number of carbonyl (C=O) groups is 1. The van der Waals surface area contributed by atoms with Gasteiger partial charge in [0.05, 0.1) is 6.04 Å². The van der Waals surface area contributed by atoms with Gasteiger partial charge in [-0.1, -0.05) is 17.7 Å². The maximum absolute atomic E-state index is 12.6. The summed E-state index contributed by atoms with van der Waals surface area (Å²) in [7, 11) is 0. The van der Waals surface area contributed by atoms with E-state index in [-0.39, 0.29) is 18.6 Å². The Labute approximate surface area is 146 Å². The molecule has 1 saturated heterocycles. The lowest BCUT2D eigenvalue weighted by Crippen LogP contribution is -2.50. The molecular weight excluding hydrogens is 326 g/mol. The number of rotatable bonds is 4. The quantitative estimate of drug-likeness (QED) is 0.925. The molecule has 1 aromatic carbocycles.